The van der Waals surface area contributed by atoms with Crippen LogP contribution in [0.4, 0.5) is 5.69 Å². The molecule has 7 heteroatoms. The van der Waals surface area contributed by atoms with Crippen LogP contribution < -0.4 is 15.8 Å². The minimum Gasteiger partial charge on any atom is -0.394 e. The third kappa shape index (κ3) is 3.31. The van der Waals surface area contributed by atoms with E-state index in [-0.39, 0.29) is 23.7 Å². The van der Waals surface area contributed by atoms with Crippen LogP contribution in [0.2, 0.25) is 5.02 Å². The largest absolute Gasteiger partial charge is 0.394 e. The van der Waals surface area contributed by atoms with Crippen molar-refractivity contribution in [1.29, 1.82) is 0 Å². The monoisotopic (exact) mass is 300 g/mol. The lowest BCUT2D eigenvalue weighted by Gasteiger charge is -2.34. The predicted octanol–water partition coefficient (Wildman–Crippen LogP) is 0.467. The van der Waals surface area contributed by atoms with Gasteiger partial charge in [0, 0.05) is 19.1 Å². The van der Waals surface area contributed by atoms with Crippen molar-refractivity contribution >= 4 is 17.3 Å². The SMILES string of the molecule is CCNC1CCCN(c2cnn(CCO)c(=O)c2Cl)C1. The number of hydrogen-bond acceptors (Lipinski definition) is 5. The number of nitrogens with zero attached hydrogens (tertiary/aromatic N) is 3. The highest BCUT2D eigenvalue weighted by Gasteiger charge is 2.22. The molecule has 1 aliphatic rings. The molecule has 0 aromatic carbocycles. The number of anilines is 1. The van der Waals surface area contributed by atoms with Crippen LogP contribution in [-0.4, -0.2) is 47.2 Å². The Hall–Kier alpha value is -1.11. The summed E-state index contributed by atoms with van der Waals surface area (Å²) in [4.78, 5) is 14.2. The van der Waals surface area contributed by atoms with Gasteiger partial charge in [0.25, 0.3) is 5.56 Å². The predicted molar refractivity (Wildman–Crippen MR) is 79.5 cm³/mol. The van der Waals surface area contributed by atoms with Crippen LogP contribution >= 0.6 is 11.6 Å². The summed E-state index contributed by atoms with van der Waals surface area (Å²) in [6.07, 6.45) is 3.82. The smallest absolute Gasteiger partial charge is 0.287 e. The summed E-state index contributed by atoms with van der Waals surface area (Å²) in [7, 11) is 0. The van der Waals surface area contributed by atoms with Gasteiger partial charge in [-0.25, -0.2) is 4.68 Å². The van der Waals surface area contributed by atoms with Gasteiger partial charge in [0.1, 0.15) is 5.02 Å². The summed E-state index contributed by atoms with van der Waals surface area (Å²) >= 11 is 6.18. The van der Waals surface area contributed by atoms with Gasteiger partial charge in [-0.05, 0) is 19.4 Å². The number of aliphatic hydroxyl groups is 1. The molecule has 2 heterocycles. The van der Waals surface area contributed by atoms with E-state index in [9.17, 15) is 4.79 Å². The van der Waals surface area contributed by atoms with E-state index in [1.54, 1.807) is 6.20 Å². The van der Waals surface area contributed by atoms with E-state index in [1.165, 1.54) is 4.68 Å². The molecule has 2 N–H and O–H groups in total. The van der Waals surface area contributed by atoms with E-state index >= 15 is 0 Å². The fraction of sp³-hybridized carbons (Fsp3) is 0.692. The van der Waals surface area contributed by atoms with Gasteiger partial charge >= 0.3 is 0 Å². The normalized spacial score (nSPS) is 19.4. The number of nitrogens with one attached hydrogen (secondary N) is 1. The number of piperidine rings is 1. The van der Waals surface area contributed by atoms with Crippen molar-refractivity contribution in [3.05, 3.63) is 21.6 Å². The molecule has 0 aliphatic carbocycles. The van der Waals surface area contributed by atoms with Crippen LogP contribution in [-0.2, 0) is 6.54 Å². The lowest BCUT2D eigenvalue weighted by molar-refractivity contribution is 0.266. The second-order valence-electron chi connectivity index (χ2n) is 4.94. The second-order valence-corrected chi connectivity index (χ2v) is 5.32. The van der Waals surface area contributed by atoms with Crippen LogP contribution in [0.1, 0.15) is 19.8 Å². The van der Waals surface area contributed by atoms with Gasteiger partial charge in [-0.3, -0.25) is 4.79 Å². The topological polar surface area (TPSA) is 70.4 Å². The molecule has 0 radical (unpaired) electrons. The highest BCUT2D eigenvalue weighted by Crippen LogP contribution is 2.24. The summed E-state index contributed by atoms with van der Waals surface area (Å²) in [5.74, 6) is 0. The molecule has 1 atom stereocenters. The first-order valence-electron chi connectivity index (χ1n) is 7.02. The summed E-state index contributed by atoms with van der Waals surface area (Å²) in [5, 5.41) is 16.6. The van der Waals surface area contributed by atoms with E-state index in [1.807, 2.05) is 0 Å². The third-order valence-electron chi connectivity index (χ3n) is 3.53. The Morgan fingerprint density at radius 2 is 2.40 bits per heavy atom. The molecule has 0 spiro atoms. The zero-order chi connectivity index (χ0) is 14.5. The third-order valence-corrected chi connectivity index (χ3v) is 3.89. The Kier molecular flexibility index (Phi) is 5.39. The summed E-state index contributed by atoms with van der Waals surface area (Å²) in [6, 6.07) is 0.421. The average Bonchev–Trinajstić information content (AvgIpc) is 2.45. The Labute approximate surface area is 123 Å². The van der Waals surface area contributed by atoms with Crippen LogP contribution in [0.25, 0.3) is 0 Å². The van der Waals surface area contributed by atoms with Gasteiger partial charge in [0.05, 0.1) is 25.0 Å². The first kappa shape index (κ1) is 15.3. The van der Waals surface area contributed by atoms with Crippen molar-refractivity contribution in [1.82, 2.24) is 15.1 Å². The van der Waals surface area contributed by atoms with Crippen LogP contribution in [0.3, 0.4) is 0 Å². The van der Waals surface area contributed by atoms with E-state index in [2.05, 4.69) is 22.2 Å². The summed E-state index contributed by atoms with van der Waals surface area (Å²) < 4.78 is 1.19. The molecule has 0 amide bonds. The summed E-state index contributed by atoms with van der Waals surface area (Å²) in [6.45, 7) is 4.77. The Morgan fingerprint density at radius 1 is 1.60 bits per heavy atom. The van der Waals surface area contributed by atoms with Gasteiger partial charge in [0.15, 0.2) is 0 Å². The molecular weight excluding hydrogens is 280 g/mol. The zero-order valence-electron chi connectivity index (χ0n) is 11.7. The molecule has 6 nitrogen and oxygen atoms in total. The molecule has 1 unspecified atom stereocenters. The quantitative estimate of drug-likeness (QED) is 0.827. The van der Waals surface area contributed by atoms with Crippen LogP contribution in [0.15, 0.2) is 11.0 Å². The standard InChI is InChI=1S/C13H21ClN4O2/c1-2-15-10-4-3-5-17(9-10)11-8-16-18(6-7-19)13(20)12(11)14/h8,10,15,19H,2-7,9H2,1H3. The maximum atomic E-state index is 12.0. The molecular formula is C13H21ClN4O2. The molecule has 0 bridgehead atoms. The van der Waals surface area contributed by atoms with Gasteiger partial charge in [-0.1, -0.05) is 18.5 Å². The zero-order valence-corrected chi connectivity index (χ0v) is 12.4. The van der Waals surface area contributed by atoms with Gasteiger partial charge < -0.3 is 15.3 Å². The fourth-order valence-electron chi connectivity index (χ4n) is 2.58. The molecule has 1 aromatic rings. The molecule has 0 saturated carbocycles. The molecule has 2 rings (SSSR count). The minimum absolute atomic E-state index is 0.130. The van der Waals surface area contributed by atoms with Crippen molar-refractivity contribution in [3.63, 3.8) is 0 Å². The Balaban J connectivity index is 2.20. The molecule has 20 heavy (non-hydrogen) atoms. The lowest BCUT2D eigenvalue weighted by Crippen LogP contribution is -2.46. The molecule has 1 aliphatic heterocycles. The van der Waals surface area contributed by atoms with E-state index in [0.29, 0.717) is 11.7 Å². The lowest BCUT2D eigenvalue weighted by atomic mass is 10.1. The number of likely N-dealkylation sites (N-methyl/N-ethyl adjacent to an activating group) is 1. The van der Waals surface area contributed by atoms with Crippen molar-refractivity contribution in [2.75, 3.05) is 31.1 Å². The number of aliphatic hydroxyl groups excluding tert-OH is 1. The van der Waals surface area contributed by atoms with Crippen LogP contribution in [0, 0.1) is 0 Å². The maximum Gasteiger partial charge on any atom is 0.287 e. The van der Waals surface area contributed by atoms with Gasteiger partial charge in [-0.2, -0.15) is 5.10 Å². The second kappa shape index (κ2) is 7.06. The van der Waals surface area contributed by atoms with E-state index in [0.717, 1.165) is 32.5 Å². The fourth-order valence-corrected chi connectivity index (χ4v) is 2.85. The van der Waals surface area contributed by atoms with Crippen LogP contribution in [0.5, 0.6) is 0 Å². The number of halogens is 1. The van der Waals surface area contributed by atoms with Gasteiger partial charge in [-0.15, -0.1) is 0 Å². The first-order valence-corrected chi connectivity index (χ1v) is 7.40. The average molecular weight is 301 g/mol. The van der Waals surface area contributed by atoms with Crippen molar-refractivity contribution in [3.8, 4) is 0 Å². The van der Waals surface area contributed by atoms with Crippen molar-refractivity contribution in [2.24, 2.45) is 0 Å². The van der Waals surface area contributed by atoms with Crippen molar-refractivity contribution in [2.45, 2.75) is 32.4 Å². The Morgan fingerprint density at radius 3 is 3.10 bits per heavy atom. The number of hydrogen-bond donors (Lipinski definition) is 2. The highest BCUT2D eigenvalue weighted by molar-refractivity contribution is 6.33. The molecule has 1 fully saturated rings. The number of aromatic nitrogens is 2. The molecule has 1 saturated heterocycles. The highest BCUT2D eigenvalue weighted by atomic mass is 35.5. The van der Waals surface area contributed by atoms with E-state index < -0.39 is 0 Å². The Bertz CT molecular complexity index is 504. The minimum atomic E-state index is -0.344. The van der Waals surface area contributed by atoms with Crippen molar-refractivity contribution < 1.29 is 5.11 Å². The number of rotatable bonds is 5. The maximum absolute atomic E-state index is 12.0. The van der Waals surface area contributed by atoms with E-state index in [4.69, 9.17) is 16.7 Å². The van der Waals surface area contributed by atoms with Gasteiger partial charge in [0.2, 0.25) is 0 Å². The molecule has 112 valence electrons. The molecule has 1 aromatic heterocycles. The first-order chi connectivity index (χ1) is 9.67. The summed E-state index contributed by atoms with van der Waals surface area (Å²) in [5.41, 5.74) is 0.345.